The van der Waals surface area contributed by atoms with E-state index in [-0.39, 0.29) is 0 Å². The van der Waals surface area contributed by atoms with Crippen LogP contribution in [0.4, 0.5) is 5.69 Å². The molecule has 0 fully saturated rings. The second-order valence-corrected chi connectivity index (χ2v) is 3.74. The van der Waals surface area contributed by atoms with Crippen LogP contribution in [0.25, 0.3) is 10.4 Å². The highest BCUT2D eigenvalue weighted by Gasteiger charge is 2.12. The highest BCUT2D eigenvalue weighted by atomic mass is 16.5. The van der Waals surface area contributed by atoms with Crippen LogP contribution in [0.2, 0.25) is 0 Å². The Morgan fingerprint density at radius 3 is 2.95 bits per heavy atom. The summed E-state index contributed by atoms with van der Waals surface area (Å²) in [5.74, 6) is 5.27. The fraction of sp³-hybridized carbons (Fsp3) is 0.308. The van der Waals surface area contributed by atoms with Gasteiger partial charge in [0.15, 0.2) is 0 Å². The van der Waals surface area contributed by atoms with Crippen LogP contribution in [0.3, 0.4) is 0 Å². The second-order valence-electron chi connectivity index (χ2n) is 3.74. The Kier molecular flexibility index (Phi) is 5.27. The number of nitrogens with zero attached hydrogens (tertiary/aromatic N) is 3. The summed E-state index contributed by atoms with van der Waals surface area (Å²) in [4.78, 5) is 14.2. The molecule has 6 heteroatoms. The number of hydrogen-bond acceptors (Lipinski definition) is 4. The van der Waals surface area contributed by atoms with Crippen molar-refractivity contribution in [3.8, 4) is 11.8 Å². The number of hydrogen-bond donors (Lipinski definition) is 1. The summed E-state index contributed by atoms with van der Waals surface area (Å²) in [5, 5.41) is 3.37. The Hall–Kier alpha value is -2.64. The van der Waals surface area contributed by atoms with Crippen molar-refractivity contribution in [2.45, 2.75) is 13.3 Å². The van der Waals surface area contributed by atoms with Gasteiger partial charge in [-0.25, -0.2) is 4.79 Å². The van der Waals surface area contributed by atoms with Gasteiger partial charge >= 0.3 is 5.97 Å². The number of rotatable bonds is 3. The molecule has 0 radical (unpaired) electrons. The molecule has 1 aromatic rings. The van der Waals surface area contributed by atoms with E-state index in [2.05, 4.69) is 26.6 Å². The number of nitrogens with two attached hydrogens (primary N) is 1. The van der Waals surface area contributed by atoms with Gasteiger partial charge in [-0.1, -0.05) is 17.0 Å². The molecule has 0 unspecified atom stereocenters. The average molecular weight is 258 g/mol. The van der Waals surface area contributed by atoms with Crippen LogP contribution >= 0.6 is 0 Å². The summed E-state index contributed by atoms with van der Waals surface area (Å²) in [6.07, 6.45) is 0.450. The molecule has 98 valence electrons. The number of benzene rings is 1. The summed E-state index contributed by atoms with van der Waals surface area (Å²) in [6.45, 7) is 2.06. The number of nitrogen functional groups attached to an aromatic ring is 1. The maximum Gasteiger partial charge on any atom is 0.338 e. The van der Waals surface area contributed by atoms with Crippen LogP contribution < -0.4 is 5.73 Å². The third-order valence-corrected chi connectivity index (χ3v) is 2.49. The molecule has 0 atom stereocenters. The van der Waals surface area contributed by atoms with E-state index in [0.717, 1.165) is 0 Å². The lowest BCUT2D eigenvalue weighted by Gasteiger charge is -2.07. The minimum Gasteiger partial charge on any atom is -0.465 e. The van der Waals surface area contributed by atoms with Gasteiger partial charge in [-0.2, -0.15) is 0 Å². The van der Waals surface area contributed by atoms with Gasteiger partial charge in [-0.3, -0.25) is 0 Å². The van der Waals surface area contributed by atoms with Crippen LogP contribution in [0, 0.1) is 18.8 Å². The monoisotopic (exact) mass is 258 g/mol. The third kappa shape index (κ3) is 3.95. The molecule has 2 N–H and O–H groups in total. The van der Waals surface area contributed by atoms with E-state index in [0.29, 0.717) is 35.3 Å². The molecule has 19 heavy (non-hydrogen) atoms. The molecular weight excluding hydrogens is 244 g/mol. The number of carbonyl (C=O) groups excluding carboxylic acids is 1. The fourth-order valence-corrected chi connectivity index (χ4v) is 1.45. The predicted molar refractivity (Wildman–Crippen MR) is 72.4 cm³/mol. The smallest absolute Gasteiger partial charge is 0.338 e. The Balaban J connectivity index is 3.00. The van der Waals surface area contributed by atoms with E-state index < -0.39 is 5.97 Å². The van der Waals surface area contributed by atoms with Gasteiger partial charge < -0.3 is 10.5 Å². The van der Waals surface area contributed by atoms with Crippen LogP contribution in [-0.4, -0.2) is 19.6 Å². The van der Waals surface area contributed by atoms with E-state index in [4.69, 9.17) is 11.3 Å². The van der Waals surface area contributed by atoms with E-state index in [9.17, 15) is 4.79 Å². The van der Waals surface area contributed by atoms with Crippen LogP contribution in [0.15, 0.2) is 17.2 Å². The Morgan fingerprint density at radius 1 is 1.58 bits per heavy atom. The molecule has 0 amide bonds. The molecule has 0 aromatic heterocycles. The van der Waals surface area contributed by atoms with Crippen molar-refractivity contribution in [2.75, 3.05) is 19.4 Å². The number of azide groups is 1. The molecule has 1 rings (SSSR count). The van der Waals surface area contributed by atoms with E-state index >= 15 is 0 Å². The molecule has 1 aromatic carbocycles. The number of methoxy groups -OCH3 is 1. The lowest BCUT2D eigenvalue weighted by molar-refractivity contribution is 0.0600. The summed E-state index contributed by atoms with van der Waals surface area (Å²) >= 11 is 0. The molecule has 0 spiro atoms. The Bertz CT molecular complexity index is 593. The second kappa shape index (κ2) is 6.94. The molecule has 0 heterocycles. The lowest BCUT2D eigenvalue weighted by atomic mass is 10.0. The van der Waals surface area contributed by atoms with Crippen molar-refractivity contribution in [3.63, 3.8) is 0 Å². The van der Waals surface area contributed by atoms with Crippen molar-refractivity contribution < 1.29 is 9.53 Å². The van der Waals surface area contributed by atoms with Crippen LogP contribution in [-0.2, 0) is 4.74 Å². The molecule has 0 bridgehead atoms. The molecule has 0 saturated carbocycles. The first-order valence-corrected chi connectivity index (χ1v) is 5.58. The van der Waals surface area contributed by atoms with Gasteiger partial charge in [0, 0.05) is 29.1 Å². The maximum absolute atomic E-state index is 11.6. The van der Waals surface area contributed by atoms with Crippen molar-refractivity contribution in [3.05, 3.63) is 39.3 Å². The molecule has 0 aliphatic carbocycles. The summed E-state index contributed by atoms with van der Waals surface area (Å²) in [5.41, 5.74) is 16.1. The molecule has 0 aliphatic rings. The number of anilines is 1. The zero-order valence-corrected chi connectivity index (χ0v) is 10.8. The normalized spacial score (nSPS) is 8.95. The third-order valence-electron chi connectivity index (χ3n) is 2.49. The zero-order chi connectivity index (χ0) is 14.3. The molecule has 6 nitrogen and oxygen atoms in total. The lowest BCUT2D eigenvalue weighted by Crippen LogP contribution is -2.06. The number of esters is 1. The zero-order valence-electron chi connectivity index (χ0n) is 10.8. The van der Waals surface area contributed by atoms with Crippen molar-refractivity contribution in [1.82, 2.24) is 0 Å². The largest absolute Gasteiger partial charge is 0.465 e. The maximum atomic E-state index is 11.6. The SMILES string of the molecule is COC(=O)c1cc(C#CCCN=[N+]=[N-])cc(N)c1C. The summed E-state index contributed by atoms with van der Waals surface area (Å²) in [7, 11) is 1.32. The topological polar surface area (TPSA) is 101 Å². The van der Waals surface area contributed by atoms with Gasteiger partial charge in [-0.15, -0.1) is 0 Å². The van der Waals surface area contributed by atoms with E-state index in [1.165, 1.54) is 7.11 Å². The average Bonchev–Trinajstić information content (AvgIpc) is 2.41. The van der Waals surface area contributed by atoms with Crippen molar-refractivity contribution in [2.24, 2.45) is 5.11 Å². The van der Waals surface area contributed by atoms with Gasteiger partial charge in [0.2, 0.25) is 0 Å². The highest BCUT2D eigenvalue weighted by Crippen LogP contribution is 2.19. The van der Waals surface area contributed by atoms with Gasteiger partial charge in [0.05, 0.1) is 12.7 Å². The Morgan fingerprint density at radius 2 is 2.32 bits per heavy atom. The first-order chi connectivity index (χ1) is 9.10. The molecular formula is C13H14N4O2. The van der Waals surface area contributed by atoms with Crippen LogP contribution in [0.1, 0.15) is 27.9 Å². The first kappa shape index (κ1) is 14.4. The van der Waals surface area contributed by atoms with Crippen molar-refractivity contribution in [1.29, 1.82) is 0 Å². The Labute approximate surface area is 111 Å². The van der Waals surface area contributed by atoms with Crippen molar-refractivity contribution >= 4 is 11.7 Å². The minimum atomic E-state index is -0.443. The number of carbonyl (C=O) groups is 1. The number of ether oxygens (including phenoxy) is 1. The van der Waals surface area contributed by atoms with Gasteiger partial charge in [-0.05, 0) is 30.2 Å². The molecule has 0 aliphatic heterocycles. The first-order valence-electron chi connectivity index (χ1n) is 5.58. The predicted octanol–water partition coefficient (Wildman–Crippen LogP) is 2.42. The van der Waals surface area contributed by atoms with Gasteiger partial charge in [0.1, 0.15) is 0 Å². The summed E-state index contributed by atoms with van der Waals surface area (Å²) < 4.78 is 4.69. The summed E-state index contributed by atoms with van der Waals surface area (Å²) in [6, 6.07) is 3.33. The highest BCUT2D eigenvalue weighted by molar-refractivity contribution is 5.93. The van der Waals surface area contributed by atoms with Crippen LogP contribution in [0.5, 0.6) is 0 Å². The van der Waals surface area contributed by atoms with Gasteiger partial charge in [0.25, 0.3) is 0 Å². The standard InChI is InChI=1S/C13H14N4O2/c1-9-11(13(18)19-2)7-10(8-12(9)14)5-3-4-6-16-17-15/h7-8H,4,6,14H2,1-2H3. The van der Waals surface area contributed by atoms with E-state index in [1.54, 1.807) is 19.1 Å². The quantitative estimate of drug-likeness (QED) is 0.171. The fourth-order valence-electron chi connectivity index (χ4n) is 1.45. The minimum absolute atomic E-state index is 0.314. The van der Waals surface area contributed by atoms with E-state index in [1.807, 2.05) is 0 Å². The molecule has 0 saturated heterocycles.